The van der Waals surface area contributed by atoms with Gasteiger partial charge in [-0.25, -0.2) is 0 Å². The zero-order chi connectivity index (χ0) is 23.3. The van der Waals surface area contributed by atoms with Crippen LogP contribution in [0.3, 0.4) is 0 Å². The summed E-state index contributed by atoms with van der Waals surface area (Å²) in [7, 11) is 0. The Bertz CT molecular complexity index is 899. The van der Waals surface area contributed by atoms with Crippen molar-refractivity contribution in [2.45, 2.75) is 45.7 Å². The number of nitrogens with one attached hydrogen (secondary N) is 1. The number of hydrogen-bond donors (Lipinski definition) is 1. The molecule has 0 aliphatic rings. The summed E-state index contributed by atoms with van der Waals surface area (Å²) in [4.78, 5) is 50.7. The van der Waals surface area contributed by atoms with E-state index in [1.807, 2.05) is 60.7 Å². The van der Waals surface area contributed by atoms with Gasteiger partial charge < -0.3 is 15.0 Å². The first-order valence-electron chi connectivity index (χ1n) is 10.7. The highest BCUT2D eigenvalue weighted by Gasteiger charge is 2.23. The normalized spacial score (nSPS) is 11.3. The van der Waals surface area contributed by atoms with Crippen LogP contribution in [-0.2, 0) is 36.9 Å². The predicted molar refractivity (Wildman–Crippen MR) is 120 cm³/mol. The second kappa shape index (κ2) is 13.0. The average molecular weight is 439 g/mol. The van der Waals surface area contributed by atoms with Gasteiger partial charge in [0.1, 0.15) is 6.54 Å². The van der Waals surface area contributed by atoms with Crippen molar-refractivity contribution in [3.8, 4) is 0 Å². The third-order valence-electron chi connectivity index (χ3n) is 4.83. The molecular weight excluding hydrogens is 408 g/mol. The van der Waals surface area contributed by atoms with E-state index in [2.05, 4.69) is 5.32 Å². The predicted octanol–water partition coefficient (Wildman–Crippen LogP) is 2.68. The zero-order valence-electron chi connectivity index (χ0n) is 18.6. The Morgan fingerprint density at radius 3 is 2.06 bits per heavy atom. The van der Waals surface area contributed by atoms with Crippen molar-refractivity contribution < 1.29 is 23.9 Å². The Kier molecular flexibility index (Phi) is 10.1. The second-order valence-electron chi connectivity index (χ2n) is 7.45. The molecule has 0 radical (unpaired) electrons. The van der Waals surface area contributed by atoms with E-state index in [-0.39, 0.29) is 50.1 Å². The van der Waals surface area contributed by atoms with Gasteiger partial charge in [-0.05, 0) is 24.5 Å². The van der Waals surface area contributed by atoms with Crippen molar-refractivity contribution >= 4 is 23.6 Å². The third kappa shape index (κ3) is 8.71. The lowest BCUT2D eigenvalue weighted by Crippen LogP contribution is -2.42. The van der Waals surface area contributed by atoms with Gasteiger partial charge in [-0.1, -0.05) is 60.7 Å². The summed E-state index contributed by atoms with van der Waals surface area (Å²) in [5.74, 6) is -1.35. The van der Waals surface area contributed by atoms with Gasteiger partial charge in [0, 0.05) is 26.3 Å². The quantitative estimate of drug-likeness (QED) is 0.515. The van der Waals surface area contributed by atoms with Gasteiger partial charge in [0.25, 0.3) is 0 Å². The van der Waals surface area contributed by atoms with Crippen molar-refractivity contribution in [1.29, 1.82) is 0 Å². The zero-order valence-corrected chi connectivity index (χ0v) is 18.6. The molecule has 7 heteroatoms. The number of carbonyl (C=O) groups is 4. The van der Waals surface area contributed by atoms with E-state index in [0.717, 1.165) is 11.1 Å². The summed E-state index contributed by atoms with van der Waals surface area (Å²) in [6.07, 6.45) is 0.255. The summed E-state index contributed by atoms with van der Waals surface area (Å²) in [6.45, 7) is 3.34. The van der Waals surface area contributed by atoms with E-state index in [1.54, 1.807) is 6.92 Å². The monoisotopic (exact) mass is 438 g/mol. The van der Waals surface area contributed by atoms with Crippen molar-refractivity contribution in [3.05, 3.63) is 71.8 Å². The van der Waals surface area contributed by atoms with Crippen LogP contribution in [0.5, 0.6) is 0 Å². The molecule has 0 aliphatic carbocycles. The molecule has 2 aromatic carbocycles. The topological polar surface area (TPSA) is 92.8 Å². The summed E-state index contributed by atoms with van der Waals surface area (Å²) < 4.78 is 4.99. The van der Waals surface area contributed by atoms with Crippen LogP contribution in [0.15, 0.2) is 60.7 Å². The van der Waals surface area contributed by atoms with Gasteiger partial charge in [-0.15, -0.1) is 0 Å². The van der Waals surface area contributed by atoms with Crippen molar-refractivity contribution in [2.75, 3.05) is 13.2 Å². The van der Waals surface area contributed by atoms with Gasteiger partial charge in [0.15, 0.2) is 5.78 Å². The average Bonchev–Trinajstić information content (AvgIpc) is 2.77. The highest BCUT2D eigenvalue weighted by atomic mass is 16.5. The number of ether oxygens (including phenoxy) is 1. The molecule has 0 aliphatic heterocycles. The lowest BCUT2D eigenvalue weighted by atomic mass is 9.99. The number of ketones is 1. The van der Waals surface area contributed by atoms with E-state index < -0.39 is 12.0 Å². The highest BCUT2D eigenvalue weighted by molar-refractivity contribution is 5.92. The highest BCUT2D eigenvalue weighted by Crippen LogP contribution is 2.11. The van der Waals surface area contributed by atoms with Crippen LogP contribution < -0.4 is 5.32 Å². The fourth-order valence-corrected chi connectivity index (χ4v) is 3.30. The van der Waals surface area contributed by atoms with Gasteiger partial charge >= 0.3 is 5.97 Å². The first kappa shape index (κ1) is 24.8. The Hall–Kier alpha value is -3.48. The number of Topliss-reactive ketones (excluding diaryl/α,β-unsaturated/α-hetero) is 1. The van der Waals surface area contributed by atoms with Crippen LogP contribution in [0.25, 0.3) is 0 Å². The first-order valence-corrected chi connectivity index (χ1v) is 10.7. The minimum absolute atomic E-state index is 0.0370. The Morgan fingerprint density at radius 2 is 1.50 bits per heavy atom. The Morgan fingerprint density at radius 1 is 0.906 bits per heavy atom. The van der Waals surface area contributed by atoms with Crippen molar-refractivity contribution in [2.24, 2.45) is 0 Å². The molecule has 1 unspecified atom stereocenters. The number of hydrogen-bond acceptors (Lipinski definition) is 5. The molecule has 170 valence electrons. The van der Waals surface area contributed by atoms with E-state index in [0.29, 0.717) is 6.42 Å². The Balaban J connectivity index is 2.03. The fourth-order valence-electron chi connectivity index (χ4n) is 3.30. The largest absolute Gasteiger partial charge is 0.465 e. The lowest BCUT2D eigenvalue weighted by Gasteiger charge is -2.22. The van der Waals surface area contributed by atoms with Crippen LogP contribution in [0.4, 0.5) is 0 Å². The molecule has 2 amide bonds. The van der Waals surface area contributed by atoms with E-state index in [9.17, 15) is 19.2 Å². The molecule has 7 nitrogen and oxygen atoms in total. The smallest absolute Gasteiger partial charge is 0.325 e. The molecule has 0 fully saturated rings. The maximum Gasteiger partial charge on any atom is 0.325 e. The molecule has 1 atom stereocenters. The molecule has 0 heterocycles. The molecule has 0 bridgehead atoms. The van der Waals surface area contributed by atoms with Gasteiger partial charge in [0.2, 0.25) is 11.8 Å². The summed E-state index contributed by atoms with van der Waals surface area (Å²) in [6, 6.07) is 18.0. The number of carbonyl (C=O) groups excluding carboxylic acids is 4. The standard InChI is InChI=1S/C25H30N2O5/c1-3-32-25(31)18-27(17-21-12-8-5-9-13-21)24(30)15-14-23(29)22(26-19(2)28)16-20-10-6-4-7-11-20/h4-13,22H,3,14-18H2,1-2H3,(H,26,28). The lowest BCUT2D eigenvalue weighted by molar-refractivity contribution is -0.149. The number of rotatable bonds is 12. The van der Waals surface area contributed by atoms with Crippen LogP contribution in [-0.4, -0.2) is 47.7 Å². The molecule has 2 rings (SSSR count). The molecule has 32 heavy (non-hydrogen) atoms. The summed E-state index contributed by atoms with van der Waals surface area (Å²) in [5, 5.41) is 2.68. The molecule has 2 aromatic rings. The second-order valence-corrected chi connectivity index (χ2v) is 7.45. The molecular formula is C25H30N2O5. The van der Waals surface area contributed by atoms with Gasteiger partial charge in [-0.3, -0.25) is 19.2 Å². The van der Waals surface area contributed by atoms with E-state index in [4.69, 9.17) is 4.74 Å². The van der Waals surface area contributed by atoms with Crippen LogP contribution >= 0.6 is 0 Å². The maximum atomic E-state index is 12.9. The van der Waals surface area contributed by atoms with E-state index in [1.165, 1.54) is 11.8 Å². The molecule has 0 saturated heterocycles. The van der Waals surface area contributed by atoms with Crippen LogP contribution in [0, 0.1) is 0 Å². The van der Waals surface area contributed by atoms with Gasteiger partial charge in [0.05, 0.1) is 12.6 Å². The minimum atomic E-state index is -0.713. The van der Waals surface area contributed by atoms with Crippen molar-refractivity contribution in [1.82, 2.24) is 10.2 Å². The van der Waals surface area contributed by atoms with Crippen LogP contribution in [0.1, 0.15) is 37.8 Å². The summed E-state index contributed by atoms with van der Waals surface area (Å²) in [5.41, 5.74) is 1.79. The van der Waals surface area contributed by atoms with Crippen molar-refractivity contribution in [3.63, 3.8) is 0 Å². The van der Waals surface area contributed by atoms with Crippen LogP contribution in [0.2, 0.25) is 0 Å². The minimum Gasteiger partial charge on any atom is -0.465 e. The fraction of sp³-hybridized carbons (Fsp3) is 0.360. The third-order valence-corrected chi connectivity index (χ3v) is 4.83. The number of nitrogens with zero attached hydrogens (tertiary/aromatic N) is 1. The molecule has 0 aromatic heterocycles. The summed E-state index contributed by atoms with van der Waals surface area (Å²) >= 11 is 0. The molecule has 1 N–H and O–H groups in total. The number of amides is 2. The van der Waals surface area contributed by atoms with Gasteiger partial charge in [-0.2, -0.15) is 0 Å². The Labute approximate surface area is 188 Å². The number of benzene rings is 2. The first-order chi connectivity index (χ1) is 15.4. The SMILES string of the molecule is CCOC(=O)CN(Cc1ccccc1)C(=O)CCC(=O)C(Cc1ccccc1)NC(C)=O. The van der Waals surface area contributed by atoms with E-state index >= 15 is 0 Å². The maximum absolute atomic E-state index is 12.9. The number of esters is 1. The molecule has 0 spiro atoms. The molecule has 0 saturated carbocycles.